The first kappa shape index (κ1) is 21.7. The highest BCUT2D eigenvalue weighted by Gasteiger charge is 2.30. The van der Waals surface area contributed by atoms with E-state index in [9.17, 15) is 22.4 Å². The number of rotatable bonds is 5. The summed E-state index contributed by atoms with van der Waals surface area (Å²) in [5, 5.41) is 0. The number of amides is 1. The van der Waals surface area contributed by atoms with Crippen molar-refractivity contribution in [3.8, 4) is 0 Å². The molecular formula is C20H27FN2O5S. The highest BCUT2D eigenvalue weighted by Crippen LogP contribution is 2.24. The lowest BCUT2D eigenvalue weighted by atomic mass is 10.0. The second kappa shape index (κ2) is 9.21. The smallest absolute Gasteiger partial charge is 0.338 e. The van der Waals surface area contributed by atoms with Crippen LogP contribution in [-0.4, -0.2) is 61.8 Å². The number of carbonyl (C=O) groups excluding carboxylic acids is 2. The van der Waals surface area contributed by atoms with Crippen LogP contribution >= 0.6 is 0 Å². The van der Waals surface area contributed by atoms with Gasteiger partial charge >= 0.3 is 5.97 Å². The van der Waals surface area contributed by atoms with E-state index in [0.29, 0.717) is 19.6 Å². The summed E-state index contributed by atoms with van der Waals surface area (Å²) in [7, 11) is -4.03. The van der Waals surface area contributed by atoms with Crippen molar-refractivity contribution in [1.82, 2.24) is 9.21 Å². The summed E-state index contributed by atoms with van der Waals surface area (Å²) < 4.78 is 46.1. The number of carbonyl (C=O) groups is 2. The van der Waals surface area contributed by atoms with Crippen LogP contribution in [0, 0.1) is 5.82 Å². The van der Waals surface area contributed by atoms with E-state index >= 15 is 0 Å². The molecule has 1 aromatic carbocycles. The minimum Gasteiger partial charge on any atom is -0.452 e. The van der Waals surface area contributed by atoms with Gasteiger partial charge in [0.2, 0.25) is 10.0 Å². The molecule has 7 nitrogen and oxygen atoms in total. The summed E-state index contributed by atoms with van der Waals surface area (Å²) in [5.74, 6) is -2.04. The first-order valence-corrected chi connectivity index (χ1v) is 11.5. The largest absolute Gasteiger partial charge is 0.452 e. The van der Waals surface area contributed by atoms with Gasteiger partial charge in [-0.3, -0.25) is 4.79 Å². The van der Waals surface area contributed by atoms with Crippen molar-refractivity contribution in [2.45, 2.75) is 56.4 Å². The zero-order valence-corrected chi connectivity index (χ0v) is 17.4. The molecule has 2 saturated heterocycles. The number of likely N-dealkylation sites (tertiary alicyclic amines) is 1. The third-order valence-corrected chi connectivity index (χ3v) is 7.46. The minimum atomic E-state index is -4.03. The standard InChI is InChI=1S/C20H27FN2O5S/c1-15-7-3-6-12-23(15)19(24)14-28-20(25)16-8-9-17(21)18(13-16)29(26,27)22-10-4-2-5-11-22/h8-9,13,15H,2-7,10-12,14H2,1H3. The van der Waals surface area contributed by atoms with Gasteiger partial charge in [-0.25, -0.2) is 17.6 Å². The highest BCUT2D eigenvalue weighted by molar-refractivity contribution is 7.89. The Bertz CT molecular complexity index is 868. The molecule has 1 atom stereocenters. The van der Waals surface area contributed by atoms with Crippen molar-refractivity contribution in [2.75, 3.05) is 26.2 Å². The van der Waals surface area contributed by atoms with E-state index < -0.39 is 33.3 Å². The average molecular weight is 427 g/mol. The number of halogens is 1. The van der Waals surface area contributed by atoms with Gasteiger partial charge in [0.25, 0.3) is 5.91 Å². The Kier molecular flexibility index (Phi) is 6.89. The summed E-state index contributed by atoms with van der Waals surface area (Å²) in [6.07, 6.45) is 5.27. The van der Waals surface area contributed by atoms with Crippen LogP contribution in [0.5, 0.6) is 0 Å². The van der Waals surface area contributed by atoms with Crippen LogP contribution in [0.25, 0.3) is 0 Å². The summed E-state index contributed by atoms with van der Waals surface area (Å²) in [4.78, 5) is 25.8. The van der Waals surface area contributed by atoms with Crippen LogP contribution in [0.4, 0.5) is 4.39 Å². The van der Waals surface area contributed by atoms with Gasteiger partial charge in [0, 0.05) is 25.7 Å². The summed E-state index contributed by atoms with van der Waals surface area (Å²) in [5.41, 5.74) is -0.0959. The van der Waals surface area contributed by atoms with Crippen molar-refractivity contribution in [2.24, 2.45) is 0 Å². The number of esters is 1. The number of hydrogen-bond acceptors (Lipinski definition) is 5. The Morgan fingerprint density at radius 2 is 1.79 bits per heavy atom. The lowest BCUT2D eigenvalue weighted by Gasteiger charge is -2.33. The quantitative estimate of drug-likeness (QED) is 0.676. The maximum Gasteiger partial charge on any atom is 0.338 e. The fraction of sp³-hybridized carbons (Fsp3) is 0.600. The van der Waals surface area contributed by atoms with E-state index in [1.807, 2.05) is 6.92 Å². The van der Waals surface area contributed by atoms with E-state index in [0.717, 1.165) is 50.7 Å². The van der Waals surface area contributed by atoms with Crippen LogP contribution in [0.15, 0.2) is 23.1 Å². The Morgan fingerprint density at radius 3 is 2.48 bits per heavy atom. The van der Waals surface area contributed by atoms with Gasteiger partial charge in [-0.05, 0) is 57.2 Å². The zero-order chi connectivity index (χ0) is 21.0. The van der Waals surface area contributed by atoms with Gasteiger partial charge in [-0.1, -0.05) is 6.42 Å². The van der Waals surface area contributed by atoms with Crippen molar-refractivity contribution in [1.29, 1.82) is 0 Å². The first-order chi connectivity index (χ1) is 13.8. The SMILES string of the molecule is CC1CCCCN1C(=O)COC(=O)c1ccc(F)c(S(=O)(=O)N2CCCCC2)c1. The van der Waals surface area contributed by atoms with Crippen LogP contribution in [0.1, 0.15) is 55.8 Å². The normalized spacial score (nSPS) is 21.0. The number of ether oxygens (including phenoxy) is 1. The molecule has 29 heavy (non-hydrogen) atoms. The molecule has 1 aromatic rings. The first-order valence-electron chi connectivity index (χ1n) is 10.1. The van der Waals surface area contributed by atoms with Crippen LogP contribution < -0.4 is 0 Å². The summed E-state index contributed by atoms with van der Waals surface area (Å²) >= 11 is 0. The van der Waals surface area contributed by atoms with Crippen LogP contribution in [-0.2, 0) is 19.6 Å². The molecule has 160 valence electrons. The average Bonchev–Trinajstić information content (AvgIpc) is 2.73. The molecule has 0 bridgehead atoms. The monoisotopic (exact) mass is 426 g/mol. The van der Waals surface area contributed by atoms with E-state index in [4.69, 9.17) is 4.74 Å². The number of nitrogens with zero attached hydrogens (tertiary/aromatic N) is 2. The second-order valence-corrected chi connectivity index (χ2v) is 9.52. The zero-order valence-electron chi connectivity index (χ0n) is 16.6. The van der Waals surface area contributed by atoms with Gasteiger partial charge in [0.15, 0.2) is 6.61 Å². The lowest BCUT2D eigenvalue weighted by molar-refractivity contribution is -0.137. The molecule has 2 heterocycles. The molecule has 0 radical (unpaired) electrons. The molecular weight excluding hydrogens is 399 g/mol. The van der Waals surface area contributed by atoms with Gasteiger partial charge < -0.3 is 9.64 Å². The van der Waals surface area contributed by atoms with Gasteiger partial charge in [-0.15, -0.1) is 0 Å². The molecule has 0 N–H and O–H groups in total. The third-order valence-electron chi connectivity index (χ3n) is 5.55. The summed E-state index contributed by atoms with van der Waals surface area (Å²) in [6, 6.07) is 3.21. The number of piperidine rings is 2. The van der Waals surface area contributed by atoms with Gasteiger partial charge in [0.1, 0.15) is 10.7 Å². The minimum absolute atomic E-state index is 0.0959. The van der Waals surface area contributed by atoms with Crippen molar-refractivity contribution < 1.29 is 27.1 Å². The predicted octanol–water partition coefficient (Wildman–Crippen LogP) is 2.56. The Labute approximate surface area is 170 Å². The molecule has 3 rings (SSSR count). The third kappa shape index (κ3) is 4.95. The maximum atomic E-state index is 14.3. The molecule has 2 aliphatic rings. The van der Waals surface area contributed by atoms with Gasteiger partial charge in [-0.2, -0.15) is 4.31 Å². The molecule has 2 aliphatic heterocycles. The predicted molar refractivity (Wildman–Crippen MR) is 104 cm³/mol. The van der Waals surface area contributed by atoms with Crippen molar-refractivity contribution >= 4 is 21.9 Å². The Hall–Kier alpha value is -2.00. The van der Waals surface area contributed by atoms with Crippen molar-refractivity contribution in [3.63, 3.8) is 0 Å². The van der Waals surface area contributed by atoms with Crippen LogP contribution in [0.2, 0.25) is 0 Å². The molecule has 0 aliphatic carbocycles. The second-order valence-electron chi connectivity index (χ2n) is 7.62. The fourth-order valence-corrected chi connectivity index (χ4v) is 5.44. The number of sulfonamides is 1. The lowest BCUT2D eigenvalue weighted by Crippen LogP contribution is -2.44. The highest BCUT2D eigenvalue weighted by atomic mass is 32.2. The van der Waals surface area contributed by atoms with Crippen LogP contribution in [0.3, 0.4) is 0 Å². The Balaban J connectivity index is 1.70. The Morgan fingerprint density at radius 1 is 1.10 bits per heavy atom. The van der Waals surface area contributed by atoms with Gasteiger partial charge in [0.05, 0.1) is 5.56 Å². The topological polar surface area (TPSA) is 84.0 Å². The van der Waals surface area contributed by atoms with E-state index in [1.165, 1.54) is 10.4 Å². The molecule has 1 unspecified atom stereocenters. The van der Waals surface area contributed by atoms with Crippen molar-refractivity contribution in [3.05, 3.63) is 29.6 Å². The molecule has 0 spiro atoms. The van der Waals surface area contributed by atoms with E-state index in [1.54, 1.807) is 4.90 Å². The van der Waals surface area contributed by atoms with E-state index in [2.05, 4.69) is 0 Å². The molecule has 9 heteroatoms. The maximum absolute atomic E-state index is 14.3. The number of hydrogen-bond donors (Lipinski definition) is 0. The molecule has 2 fully saturated rings. The molecule has 1 amide bonds. The fourth-order valence-electron chi connectivity index (χ4n) is 3.83. The molecule has 0 saturated carbocycles. The number of benzene rings is 1. The van der Waals surface area contributed by atoms with E-state index in [-0.39, 0.29) is 17.5 Å². The summed E-state index contributed by atoms with van der Waals surface area (Å²) in [6.45, 7) is 2.83. The molecule has 0 aromatic heterocycles.